The zero-order chi connectivity index (χ0) is 17.6. The number of anilines is 2. The Morgan fingerprint density at radius 2 is 1.96 bits per heavy atom. The number of amides is 1. The van der Waals surface area contributed by atoms with Crippen LogP contribution in [0.4, 0.5) is 11.4 Å². The van der Waals surface area contributed by atoms with Crippen LogP contribution in [0.5, 0.6) is 0 Å². The highest BCUT2D eigenvalue weighted by Crippen LogP contribution is 2.31. The van der Waals surface area contributed by atoms with Crippen LogP contribution < -0.4 is 14.5 Å². The van der Waals surface area contributed by atoms with E-state index in [1.807, 2.05) is 19.1 Å². The number of hydrogen-bond donors (Lipinski definition) is 1. The van der Waals surface area contributed by atoms with Crippen molar-refractivity contribution in [2.75, 3.05) is 54.9 Å². The van der Waals surface area contributed by atoms with Crippen molar-refractivity contribution >= 4 is 27.3 Å². The number of sulfonamides is 1. The van der Waals surface area contributed by atoms with E-state index in [0.29, 0.717) is 38.5 Å². The molecule has 1 aliphatic heterocycles. The third-order valence-corrected chi connectivity index (χ3v) is 4.89. The molecular formula is C16H25N3O4S. The van der Waals surface area contributed by atoms with Crippen LogP contribution in [0.25, 0.3) is 0 Å². The monoisotopic (exact) mass is 355 g/mol. The predicted octanol–water partition coefficient (Wildman–Crippen LogP) is 0.815. The summed E-state index contributed by atoms with van der Waals surface area (Å²) in [5.41, 5.74) is 1.32. The van der Waals surface area contributed by atoms with Crippen molar-refractivity contribution in [2.24, 2.45) is 0 Å². The van der Waals surface area contributed by atoms with Crippen LogP contribution in [0, 0.1) is 0 Å². The Hall–Kier alpha value is -1.80. The molecule has 0 atom stereocenters. The molecule has 24 heavy (non-hydrogen) atoms. The minimum absolute atomic E-state index is 0.222. The van der Waals surface area contributed by atoms with Crippen LogP contribution in [-0.2, 0) is 19.6 Å². The second-order valence-corrected chi connectivity index (χ2v) is 7.61. The number of nitrogens with zero attached hydrogens (tertiary/aromatic N) is 2. The van der Waals surface area contributed by atoms with Gasteiger partial charge in [-0.2, -0.15) is 0 Å². The largest absolute Gasteiger partial charge is 0.378 e. The van der Waals surface area contributed by atoms with E-state index in [2.05, 4.69) is 10.2 Å². The second-order valence-electron chi connectivity index (χ2n) is 5.71. The molecular weight excluding hydrogens is 330 g/mol. The summed E-state index contributed by atoms with van der Waals surface area (Å²) in [5.74, 6) is -0.306. The molecule has 1 saturated heterocycles. The van der Waals surface area contributed by atoms with E-state index in [0.717, 1.165) is 18.4 Å². The molecule has 1 aliphatic rings. The van der Waals surface area contributed by atoms with Gasteiger partial charge in [0.15, 0.2) is 0 Å². The third-order valence-electron chi connectivity index (χ3n) is 3.76. The quantitative estimate of drug-likeness (QED) is 0.783. The predicted molar refractivity (Wildman–Crippen MR) is 95.0 cm³/mol. The first kappa shape index (κ1) is 18.5. The number of hydrogen-bond acceptors (Lipinski definition) is 5. The van der Waals surface area contributed by atoms with E-state index in [1.54, 1.807) is 12.1 Å². The van der Waals surface area contributed by atoms with E-state index in [9.17, 15) is 13.2 Å². The van der Waals surface area contributed by atoms with Crippen molar-refractivity contribution < 1.29 is 17.9 Å². The summed E-state index contributed by atoms with van der Waals surface area (Å²) in [4.78, 5) is 14.2. The van der Waals surface area contributed by atoms with Gasteiger partial charge >= 0.3 is 0 Å². The van der Waals surface area contributed by atoms with Gasteiger partial charge < -0.3 is 15.0 Å². The lowest BCUT2D eigenvalue weighted by atomic mass is 10.2. The Bertz CT molecular complexity index is 657. The normalized spacial score (nSPS) is 15.2. The molecule has 1 amide bonds. The molecule has 8 heteroatoms. The Balaban J connectivity index is 2.31. The van der Waals surface area contributed by atoms with Crippen molar-refractivity contribution in [3.8, 4) is 0 Å². The molecule has 1 aromatic rings. The lowest BCUT2D eigenvalue weighted by molar-refractivity contribution is -0.119. The summed E-state index contributed by atoms with van der Waals surface area (Å²) >= 11 is 0. The van der Waals surface area contributed by atoms with Crippen molar-refractivity contribution in [3.05, 3.63) is 24.3 Å². The molecule has 0 bridgehead atoms. The molecule has 1 aromatic carbocycles. The van der Waals surface area contributed by atoms with Crippen LogP contribution in [0.1, 0.15) is 13.3 Å². The molecule has 1 fully saturated rings. The van der Waals surface area contributed by atoms with Gasteiger partial charge in [-0.3, -0.25) is 9.10 Å². The minimum Gasteiger partial charge on any atom is -0.378 e. The maximum atomic E-state index is 12.3. The van der Waals surface area contributed by atoms with Gasteiger partial charge in [-0.25, -0.2) is 8.42 Å². The third kappa shape index (κ3) is 4.85. The molecule has 0 aromatic heterocycles. The minimum atomic E-state index is -3.58. The van der Waals surface area contributed by atoms with E-state index < -0.39 is 10.0 Å². The molecule has 2 rings (SSSR count). The van der Waals surface area contributed by atoms with Gasteiger partial charge in [0.05, 0.1) is 30.8 Å². The van der Waals surface area contributed by atoms with E-state index >= 15 is 0 Å². The summed E-state index contributed by atoms with van der Waals surface area (Å²) < 4.78 is 31.1. The van der Waals surface area contributed by atoms with Gasteiger partial charge in [0, 0.05) is 19.6 Å². The van der Waals surface area contributed by atoms with Crippen molar-refractivity contribution in [2.45, 2.75) is 13.3 Å². The Labute approximate surface area is 143 Å². The second kappa shape index (κ2) is 8.34. The average Bonchev–Trinajstić information content (AvgIpc) is 2.57. The molecule has 134 valence electrons. The molecule has 7 nitrogen and oxygen atoms in total. The van der Waals surface area contributed by atoms with Crippen LogP contribution in [-0.4, -0.2) is 60.0 Å². The molecule has 0 spiro atoms. The number of carbonyl (C=O) groups is 1. The van der Waals surface area contributed by atoms with Gasteiger partial charge in [0.25, 0.3) is 0 Å². The fraction of sp³-hybridized carbons (Fsp3) is 0.562. The number of carbonyl (C=O) groups excluding carboxylic acids is 1. The van der Waals surface area contributed by atoms with Gasteiger partial charge in [-0.05, 0) is 18.6 Å². The molecule has 0 saturated carbocycles. The zero-order valence-electron chi connectivity index (χ0n) is 14.2. The highest BCUT2D eigenvalue weighted by atomic mass is 32.2. The van der Waals surface area contributed by atoms with Gasteiger partial charge in [0.2, 0.25) is 15.9 Å². The molecule has 1 N–H and O–H groups in total. The smallest absolute Gasteiger partial charge is 0.240 e. The number of benzene rings is 1. The van der Waals surface area contributed by atoms with Crippen molar-refractivity contribution in [3.63, 3.8) is 0 Å². The highest BCUT2D eigenvalue weighted by molar-refractivity contribution is 7.92. The number of nitrogens with one attached hydrogen (secondary N) is 1. The summed E-state index contributed by atoms with van der Waals surface area (Å²) in [5, 5.41) is 2.73. The average molecular weight is 355 g/mol. The maximum absolute atomic E-state index is 12.3. The fourth-order valence-corrected chi connectivity index (χ4v) is 3.44. The number of para-hydroxylation sites is 2. The lowest BCUT2D eigenvalue weighted by Gasteiger charge is -2.33. The molecule has 1 heterocycles. The highest BCUT2D eigenvalue weighted by Gasteiger charge is 2.25. The number of rotatable bonds is 7. The summed E-state index contributed by atoms with van der Waals surface area (Å²) in [6.45, 7) is 4.84. The standard InChI is InChI=1S/C16H25N3O4S/c1-3-8-17-16(20)13-19(24(2,21)22)15-7-5-4-6-14(15)18-9-11-23-12-10-18/h4-7H,3,8-13H2,1-2H3,(H,17,20). The number of ether oxygens (including phenoxy) is 1. The number of morpholine rings is 1. The molecule has 0 unspecified atom stereocenters. The van der Waals surface area contributed by atoms with Gasteiger partial charge in [0.1, 0.15) is 6.54 Å². The fourth-order valence-electron chi connectivity index (χ4n) is 2.58. The van der Waals surface area contributed by atoms with Gasteiger partial charge in [-0.1, -0.05) is 19.1 Å². The van der Waals surface area contributed by atoms with Gasteiger partial charge in [-0.15, -0.1) is 0 Å². The van der Waals surface area contributed by atoms with Crippen LogP contribution in [0.2, 0.25) is 0 Å². The summed E-state index contributed by atoms with van der Waals surface area (Å²) in [6.07, 6.45) is 1.92. The van der Waals surface area contributed by atoms with E-state index in [4.69, 9.17) is 4.74 Å². The van der Waals surface area contributed by atoms with E-state index in [1.165, 1.54) is 4.31 Å². The molecule has 0 radical (unpaired) electrons. The van der Waals surface area contributed by atoms with Crippen LogP contribution in [0.15, 0.2) is 24.3 Å². The first-order valence-electron chi connectivity index (χ1n) is 8.09. The van der Waals surface area contributed by atoms with E-state index in [-0.39, 0.29) is 12.5 Å². The zero-order valence-corrected chi connectivity index (χ0v) is 15.0. The van der Waals surface area contributed by atoms with Crippen molar-refractivity contribution in [1.82, 2.24) is 5.32 Å². The Morgan fingerprint density at radius 1 is 1.29 bits per heavy atom. The first-order chi connectivity index (χ1) is 11.4. The van der Waals surface area contributed by atoms with Crippen molar-refractivity contribution in [1.29, 1.82) is 0 Å². The maximum Gasteiger partial charge on any atom is 0.240 e. The first-order valence-corrected chi connectivity index (χ1v) is 9.94. The van der Waals surface area contributed by atoms with Crippen LogP contribution >= 0.6 is 0 Å². The van der Waals surface area contributed by atoms with Crippen LogP contribution in [0.3, 0.4) is 0 Å². The Kier molecular flexibility index (Phi) is 6.44. The lowest BCUT2D eigenvalue weighted by Crippen LogP contribution is -2.42. The summed E-state index contributed by atoms with van der Waals surface area (Å²) in [7, 11) is -3.58. The summed E-state index contributed by atoms with van der Waals surface area (Å²) in [6, 6.07) is 7.26. The topological polar surface area (TPSA) is 79.0 Å². The SMILES string of the molecule is CCCNC(=O)CN(c1ccccc1N1CCOCC1)S(C)(=O)=O. The Morgan fingerprint density at radius 3 is 2.58 bits per heavy atom. The molecule has 0 aliphatic carbocycles.